The highest BCUT2D eigenvalue weighted by molar-refractivity contribution is 14.1. The average molecular weight is 296 g/mol. The van der Waals surface area contributed by atoms with Crippen LogP contribution in [0.3, 0.4) is 0 Å². The molecule has 0 saturated carbocycles. The van der Waals surface area contributed by atoms with Crippen LogP contribution < -0.4 is 0 Å². The summed E-state index contributed by atoms with van der Waals surface area (Å²) in [7, 11) is 0. The van der Waals surface area contributed by atoms with Crippen LogP contribution in [0, 0.1) is 3.83 Å². The molecule has 0 aliphatic rings. The molecule has 12 heavy (non-hydrogen) atoms. The smallest absolute Gasteiger partial charge is 0.203 e. The molecule has 4 heteroatoms. The molecule has 1 aromatic rings. The molecule has 0 unspecified atom stereocenters. The fraction of sp³-hybridized carbons (Fsp3) is 0.750. The number of halogens is 1. The van der Waals surface area contributed by atoms with Gasteiger partial charge in [0.2, 0.25) is 3.83 Å². The number of hydrogen-bond acceptors (Lipinski definition) is 3. The van der Waals surface area contributed by atoms with E-state index >= 15 is 0 Å². The van der Waals surface area contributed by atoms with Crippen LogP contribution in [0.15, 0.2) is 0 Å². The van der Waals surface area contributed by atoms with Gasteiger partial charge in [0.1, 0.15) is 5.01 Å². The molecule has 0 N–H and O–H groups in total. The van der Waals surface area contributed by atoms with E-state index in [1.54, 1.807) is 0 Å². The monoisotopic (exact) mass is 296 g/mol. The van der Waals surface area contributed by atoms with E-state index in [1.807, 2.05) is 0 Å². The quantitative estimate of drug-likeness (QED) is 0.615. The largest absolute Gasteiger partial charge is 0.215 e. The topological polar surface area (TPSA) is 25.8 Å². The van der Waals surface area contributed by atoms with Crippen LogP contribution in [0.25, 0.3) is 0 Å². The van der Waals surface area contributed by atoms with Gasteiger partial charge in [-0.3, -0.25) is 0 Å². The summed E-state index contributed by atoms with van der Waals surface area (Å²) in [6.07, 6.45) is 6.34. The summed E-state index contributed by atoms with van der Waals surface area (Å²) in [6, 6.07) is 0. The fourth-order valence-corrected chi connectivity index (χ4v) is 2.37. The third-order valence-electron chi connectivity index (χ3n) is 1.69. The van der Waals surface area contributed by atoms with Gasteiger partial charge in [0.25, 0.3) is 0 Å². The molecule has 0 amide bonds. The Morgan fingerprint density at radius 3 is 2.75 bits per heavy atom. The molecular formula is C8H13IN2S. The first-order valence-electron chi connectivity index (χ1n) is 4.31. The Morgan fingerprint density at radius 2 is 2.17 bits per heavy atom. The fourth-order valence-electron chi connectivity index (χ4n) is 1.04. The highest BCUT2D eigenvalue weighted by Crippen LogP contribution is 2.11. The lowest BCUT2D eigenvalue weighted by Gasteiger charge is -1.94. The van der Waals surface area contributed by atoms with E-state index in [0.29, 0.717) is 0 Å². The average Bonchev–Trinajstić information content (AvgIpc) is 2.45. The highest BCUT2D eigenvalue weighted by atomic mass is 127. The minimum Gasteiger partial charge on any atom is -0.215 e. The minimum absolute atomic E-state index is 0.892. The summed E-state index contributed by atoms with van der Waals surface area (Å²) >= 11 is 3.70. The number of aromatic nitrogens is 2. The van der Waals surface area contributed by atoms with Crippen LogP contribution in [0.1, 0.15) is 37.6 Å². The maximum absolute atomic E-state index is 4.30. The van der Waals surface area contributed by atoms with Gasteiger partial charge in [-0.15, -0.1) is 0 Å². The zero-order valence-corrected chi connectivity index (χ0v) is 10.2. The van der Waals surface area contributed by atoms with Crippen molar-refractivity contribution in [2.24, 2.45) is 0 Å². The van der Waals surface area contributed by atoms with Gasteiger partial charge in [-0.2, -0.15) is 4.37 Å². The van der Waals surface area contributed by atoms with E-state index < -0.39 is 0 Å². The molecule has 0 spiro atoms. The molecule has 1 rings (SSSR count). The van der Waals surface area contributed by atoms with Crippen molar-refractivity contribution in [3.05, 3.63) is 8.84 Å². The van der Waals surface area contributed by atoms with Crippen molar-refractivity contribution in [2.75, 3.05) is 0 Å². The normalized spacial score (nSPS) is 10.5. The molecule has 0 aliphatic heterocycles. The second-order valence-electron chi connectivity index (χ2n) is 2.77. The van der Waals surface area contributed by atoms with Crippen molar-refractivity contribution in [1.29, 1.82) is 0 Å². The van der Waals surface area contributed by atoms with Crippen LogP contribution in [0.2, 0.25) is 0 Å². The Hall–Kier alpha value is 0.290. The zero-order valence-electron chi connectivity index (χ0n) is 7.22. The van der Waals surface area contributed by atoms with Crippen molar-refractivity contribution in [2.45, 2.75) is 39.0 Å². The van der Waals surface area contributed by atoms with E-state index in [1.165, 1.54) is 42.2 Å². The van der Waals surface area contributed by atoms with Crippen LogP contribution in [0.4, 0.5) is 0 Å². The standard InChI is InChI=1S/C8H13IN2S/c1-2-3-4-5-6-7-10-8(9)11-12-7/h2-6H2,1H3. The molecule has 0 atom stereocenters. The molecule has 0 bridgehead atoms. The Morgan fingerprint density at radius 1 is 1.33 bits per heavy atom. The van der Waals surface area contributed by atoms with Crippen LogP contribution in [0.5, 0.6) is 0 Å². The van der Waals surface area contributed by atoms with Gasteiger partial charge in [-0.1, -0.05) is 26.2 Å². The molecular weight excluding hydrogens is 283 g/mol. The zero-order chi connectivity index (χ0) is 8.81. The molecule has 0 aromatic carbocycles. The first-order valence-corrected chi connectivity index (χ1v) is 6.16. The first-order chi connectivity index (χ1) is 5.83. The van der Waals surface area contributed by atoms with E-state index in [0.717, 1.165) is 10.3 Å². The molecule has 1 heterocycles. The summed E-state index contributed by atoms with van der Waals surface area (Å²) in [5.74, 6) is 0. The van der Waals surface area contributed by atoms with Crippen LogP contribution >= 0.6 is 34.1 Å². The van der Waals surface area contributed by atoms with Crippen molar-refractivity contribution < 1.29 is 0 Å². The van der Waals surface area contributed by atoms with Crippen molar-refractivity contribution in [3.63, 3.8) is 0 Å². The maximum Gasteiger partial charge on any atom is 0.203 e. The lowest BCUT2D eigenvalue weighted by Crippen LogP contribution is -1.84. The van der Waals surface area contributed by atoms with Gasteiger partial charge in [0.15, 0.2) is 0 Å². The predicted octanol–water partition coefficient (Wildman–Crippen LogP) is 3.27. The minimum atomic E-state index is 0.892. The van der Waals surface area contributed by atoms with E-state index in [9.17, 15) is 0 Å². The maximum atomic E-state index is 4.30. The van der Waals surface area contributed by atoms with Gasteiger partial charge < -0.3 is 0 Å². The third-order valence-corrected chi connectivity index (χ3v) is 3.27. The SMILES string of the molecule is CCCCCCc1nc(I)ns1. The van der Waals surface area contributed by atoms with Gasteiger partial charge in [-0.05, 0) is 18.0 Å². The van der Waals surface area contributed by atoms with Crippen molar-refractivity contribution in [1.82, 2.24) is 9.36 Å². The van der Waals surface area contributed by atoms with E-state index in [4.69, 9.17) is 0 Å². The molecule has 2 nitrogen and oxygen atoms in total. The summed E-state index contributed by atoms with van der Waals surface area (Å²) < 4.78 is 5.02. The summed E-state index contributed by atoms with van der Waals surface area (Å²) in [5.41, 5.74) is 0. The van der Waals surface area contributed by atoms with Gasteiger partial charge in [-0.25, -0.2) is 4.98 Å². The van der Waals surface area contributed by atoms with Crippen molar-refractivity contribution in [3.8, 4) is 0 Å². The molecule has 0 radical (unpaired) electrons. The Kier molecular flexibility index (Phi) is 5.06. The molecule has 0 fully saturated rings. The number of aryl methyl sites for hydroxylation is 1. The second-order valence-corrected chi connectivity index (χ2v) is 4.57. The molecule has 0 aliphatic carbocycles. The lowest BCUT2D eigenvalue weighted by molar-refractivity contribution is 0.665. The van der Waals surface area contributed by atoms with E-state index in [2.05, 4.69) is 38.9 Å². The van der Waals surface area contributed by atoms with Crippen molar-refractivity contribution >= 4 is 34.1 Å². The van der Waals surface area contributed by atoms with Crippen LogP contribution in [-0.2, 0) is 6.42 Å². The summed E-state index contributed by atoms with van der Waals surface area (Å²) in [4.78, 5) is 4.30. The molecule has 0 saturated heterocycles. The lowest BCUT2D eigenvalue weighted by atomic mass is 10.2. The number of hydrogen-bond donors (Lipinski definition) is 0. The number of rotatable bonds is 5. The first kappa shape index (κ1) is 10.4. The molecule has 1 aromatic heterocycles. The summed E-state index contributed by atoms with van der Waals surface area (Å²) in [5, 5.41) is 1.19. The van der Waals surface area contributed by atoms with Crippen LogP contribution in [-0.4, -0.2) is 9.36 Å². The number of nitrogens with zero attached hydrogens (tertiary/aromatic N) is 2. The highest BCUT2D eigenvalue weighted by Gasteiger charge is 1.99. The Balaban J connectivity index is 2.15. The van der Waals surface area contributed by atoms with E-state index in [-0.39, 0.29) is 0 Å². The second kappa shape index (κ2) is 5.85. The van der Waals surface area contributed by atoms with Gasteiger partial charge >= 0.3 is 0 Å². The Bertz CT molecular complexity index is 225. The Labute approximate surface area is 91.1 Å². The number of unbranched alkanes of at least 4 members (excludes halogenated alkanes) is 3. The molecule has 68 valence electrons. The van der Waals surface area contributed by atoms with Gasteiger partial charge in [0, 0.05) is 29.0 Å². The third kappa shape index (κ3) is 3.80. The van der Waals surface area contributed by atoms with Gasteiger partial charge in [0.05, 0.1) is 0 Å². The predicted molar refractivity (Wildman–Crippen MR) is 60.5 cm³/mol. The summed E-state index contributed by atoms with van der Waals surface area (Å²) in [6.45, 7) is 2.23.